The van der Waals surface area contributed by atoms with Crippen LogP contribution in [-0.2, 0) is 9.59 Å². The van der Waals surface area contributed by atoms with Gasteiger partial charge in [0.15, 0.2) is 0 Å². The highest BCUT2D eigenvalue weighted by molar-refractivity contribution is 5.81. The number of amides is 2. The number of nitrogens with two attached hydrogens (primary N) is 3. The van der Waals surface area contributed by atoms with Crippen molar-refractivity contribution in [1.29, 1.82) is 0 Å². The standard InChI is InChI=1S/C9H18N4O2/c1-9(8(12)15)2-3-13(5-9)4-6(10)7(11)14/h6H,2-5,10H2,1H3,(H2,11,14)(H2,12,15). The van der Waals surface area contributed by atoms with E-state index in [0.29, 0.717) is 19.5 Å². The van der Waals surface area contributed by atoms with Crippen molar-refractivity contribution in [3.8, 4) is 0 Å². The summed E-state index contributed by atoms with van der Waals surface area (Å²) in [7, 11) is 0. The number of nitrogens with zero attached hydrogens (tertiary/aromatic N) is 1. The molecule has 15 heavy (non-hydrogen) atoms. The number of hydrogen-bond acceptors (Lipinski definition) is 4. The van der Waals surface area contributed by atoms with Gasteiger partial charge in [0.1, 0.15) is 0 Å². The van der Waals surface area contributed by atoms with Gasteiger partial charge in [-0.1, -0.05) is 0 Å². The minimum absolute atomic E-state index is 0.308. The Morgan fingerprint density at radius 3 is 2.47 bits per heavy atom. The fraction of sp³-hybridized carbons (Fsp3) is 0.778. The van der Waals surface area contributed by atoms with E-state index in [2.05, 4.69) is 0 Å². The minimum Gasteiger partial charge on any atom is -0.369 e. The molecule has 0 aromatic carbocycles. The summed E-state index contributed by atoms with van der Waals surface area (Å²) >= 11 is 0. The molecular formula is C9H18N4O2. The van der Waals surface area contributed by atoms with E-state index < -0.39 is 17.4 Å². The van der Waals surface area contributed by atoms with Crippen molar-refractivity contribution >= 4 is 11.8 Å². The van der Waals surface area contributed by atoms with Crippen molar-refractivity contribution in [3.63, 3.8) is 0 Å². The molecule has 6 N–H and O–H groups in total. The number of carbonyl (C=O) groups excluding carboxylic acids is 2. The summed E-state index contributed by atoms with van der Waals surface area (Å²) in [6.07, 6.45) is 0.702. The van der Waals surface area contributed by atoms with Crippen molar-refractivity contribution in [2.75, 3.05) is 19.6 Å². The maximum Gasteiger partial charge on any atom is 0.235 e. The van der Waals surface area contributed by atoms with Gasteiger partial charge in [-0.05, 0) is 19.9 Å². The zero-order valence-corrected chi connectivity index (χ0v) is 8.90. The molecule has 0 bridgehead atoms. The molecule has 6 nitrogen and oxygen atoms in total. The largest absolute Gasteiger partial charge is 0.369 e. The first-order chi connectivity index (χ1) is 6.85. The molecule has 0 aromatic heterocycles. The van der Waals surface area contributed by atoms with Crippen molar-refractivity contribution in [2.45, 2.75) is 19.4 Å². The lowest BCUT2D eigenvalue weighted by atomic mass is 9.89. The summed E-state index contributed by atoms with van der Waals surface area (Å²) in [5.74, 6) is -0.833. The van der Waals surface area contributed by atoms with E-state index in [4.69, 9.17) is 17.2 Å². The van der Waals surface area contributed by atoms with E-state index in [1.54, 1.807) is 0 Å². The molecule has 1 heterocycles. The Bertz CT molecular complexity index is 281. The molecule has 2 unspecified atom stereocenters. The first kappa shape index (κ1) is 11.9. The van der Waals surface area contributed by atoms with Gasteiger partial charge in [0, 0.05) is 13.1 Å². The average molecular weight is 214 g/mol. The van der Waals surface area contributed by atoms with Crippen molar-refractivity contribution in [2.24, 2.45) is 22.6 Å². The average Bonchev–Trinajstić information content (AvgIpc) is 2.48. The Hall–Kier alpha value is -1.14. The van der Waals surface area contributed by atoms with E-state index in [9.17, 15) is 9.59 Å². The second-order valence-corrected chi connectivity index (χ2v) is 4.42. The van der Waals surface area contributed by atoms with E-state index in [-0.39, 0.29) is 5.91 Å². The summed E-state index contributed by atoms with van der Waals surface area (Å²) < 4.78 is 0. The molecule has 1 rings (SSSR count). The fourth-order valence-corrected chi connectivity index (χ4v) is 1.78. The highest BCUT2D eigenvalue weighted by Crippen LogP contribution is 2.29. The molecule has 86 valence electrons. The highest BCUT2D eigenvalue weighted by atomic mass is 16.1. The van der Waals surface area contributed by atoms with Gasteiger partial charge in [0.2, 0.25) is 11.8 Å². The lowest BCUT2D eigenvalue weighted by Gasteiger charge is -2.22. The van der Waals surface area contributed by atoms with Crippen LogP contribution in [-0.4, -0.2) is 42.4 Å². The first-order valence-electron chi connectivity index (χ1n) is 4.92. The van der Waals surface area contributed by atoms with Crippen LogP contribution in [0.2, 0.25) is 0 Å². The van der Waals surface area contributed by atoms with Crippen molar-refractivity contribution in [1.82, 2.24) is 4.90 Å². The second kappa shape index (κ2) is 4.16. The monoisotopic (exact) mass is 214 g/mol. The molecule has 2 amide bonds. The zero-order chi connectivity index (χ0) is 11.6. The number of rotatable bonds is 4. The molecule has 0 spiro atoms. The van der Waals surface area contributed by atoms with Crippen LogP contribution < -0.4 is 17.2 Å². The van der Waals surface area contributed by atoms with Crippen LogP contribution in [0, 0.1) is 5.41 Å². The normalized spacial score (nSPS) is 28.9. The van der Waals surface area contributed by atoms with Crippen LogP contribution in [0.15, 0.2) is 0 Å². The number of hydrogen-bond donors (Lipinski definition) is 3. The predicted octanol–water partition coefficient (Wildman–Crippen LogP) is -2.00. The maximum absolute atomic E-state index is 11.2. The van der Waals surface area contributed by atoms with Crippen LogP contribution in [0.5, 0.6) is 0 Å². The van der Waals surface area contributed by atoms with Crippen molar-refractivity contribution in [3.05, 3.63) is 0 Å². The van der Waals surface area contributed by atoms with Crippen LogP contribution in [0.3, 0.4) is 0 Å². The number of carbonyl (C=O) groups is 2. The molecule has 0 saturated carbocycles. The third-order valence-corrected chi connectivity index (χ3v) is 2.97. The quantitative estimate of drug-likeness (QED) is 0.501. The van der Waals surface area contributed by atoms with Crippen LogP contribution >= 0.6 is 0 Å². The lowest BCUT2D eigenvalue weighted by molar-refractivity contribution is -0.126. The topological polar surface area (TPSA) is 115 Å². The molecule has 1 saturated heterocycles. The third kappa shape index (κ3) is 2.66. The molecule has 2 atom stereocenters. The zero-order valence-electron chi connectivity index (χ0n) is 8.90. The Morgan fingerprint density at radius 2 is 2.07 bits per heavy atom. The fourth-order valence-electron chi connectivity index (χ4n) is 1.78. The Kier molecular flexibility index (Phi) is 3.31. The lowest BCUT2D eigenvalue weighted by Crippen LogP contribution is -2.46. The third-order valence-electron chi connectivity index (χ3n) is 2.97. The van der Waals surface area contributed by atoms with Crippen LogP contribution in [0.1, 0.15) is 13.3 Å². The van der Waals surface area contributed by atoms with E-state index in [1.807, 2.05) is 11.8 Å². The molecule has 1 fully saturated rings. The molecule has 6 heteroatoms. The number of likely N-dealkylation sites (tertiary alicyclic amines) is 1. The molecule has 1 aliphatic rings. The second-order valence-electron chi connectivity index (χ2n) is 4.42. The SMILES string of the molecule is CC1(C(N)=O)CCN(CC(N)C(N)=O)C1. The van der Waals surface area contributed by atoms with E-state index >= 15 is 0 Å². The van der Waals surface area contributed by atoms with Crippen molar-refractivity contribution < 1.29 is 9.59 Å². The molecular weight excluding hydrogens is 196 g/mol. The Morgan fingerprint density at radius 1 is 1.47 bits per heavy atom. The predicted molar refractivity (Wildman–Crippen MR) is 55.5 cm³/mol. The summed E-state index contributed by atoms with van der Waals surface area (Å²) in [6.45, 7) is 3.48. The Balaban J connectivity index is 2.50. The highest BCUT2D eigenvalue weighted by Gasteiger charge is 2.39. The van der Waals surface area contributed by atoms with Gasteiger partial charge >= 0.3 is 0 Å². The van der Waals surface area contributed by atoms with Gasteiger partial charge in [-0.25, -0.2) is 0 Å². The summed E-state index contributed by atoms with van der Waals surface area (Å²) in [4.78, 5) is 23.9. The smallest absolute Gasteiger partial charge is 0.235 e. The Labute approximate surface area is 88.8 Å². The van der Waals surface area contributed by atoms with E-state index in [0.717, 1.165) is 6.54 Å². The van der Waals surface area contributed by atoms with Gasteiger partial charge in [-0.3, -0.25) is 9.59 Å². The van der Waals surface area contributed by atoms with Gasteiger partial charge in [0.25, 0.3) is 0 Å². The minimum atomic E-state index is -0.680. The summed E-state index contributed by atoms with van der Waals surface area (Å²) in [5, 5.41) is 0. The number of primary amides is 2. The maximum atomic E-state index is 11.2. The van der Waals surface area contributed by atoms with E-state index in [1.165, 1.54) is 0 Å². The van der Waals surface area contributed by atoms with Crippen LogP contribution in [0.4, 0.5) is 0 Å². The summed E-state index contributed by atoms with van der Waals surface area (Å²) in [5.41, 5.74) is 15.4. The first-order valence-corrected chi connectivity index (χ1v) is 4.92. The van der Waals surface area contributed by atoms with Gasteiger partial charge < -0.3 is 22.1 Å². The molecule has 1 aliphatic heterocycles. The molecule has 0 radical (unpaired) electrons. The van der Waals surface area contributed by atoms with Gasteiger partial charge in [-0.15, -0.1) is 0 Å². The van der Waals surface area contributed by atoms with Crippen LogP contribution in [0.25, 0.3) is 0 Å². The summed E-state index contributed by atoms with van der Waals surface area (Å²) in [6, 6.07) is -0.680. The van der Waals surface area contributed by atoms with Gasteiger partial charge in [0.05, 0.1) is 11.5 Å². The molecule has 0 aromatic rings. The molecule has 0 aliphatic carbocycles. The van der Waals surface area contributed by atoms with Gasteiger partial charge in [-0.2, -0.15) is 0 Å².